The summed E-state index contributed by atoms with van der Waals surface area (Å²) >= 11 is 9.10. The minimum atomic E-state index is -2.15. The van der Waals surface area contributed by atoms with Crippen molar-refractivity contribution in [2.45, 2.75) is 44.2 Å². The number of alkyl halides is 2. The molecule has 0 fully saturated rings. The van der Waals surface area contributed by atoms with Crippen LogP contribution < -0.4 is 0 Å². The van der Waals surface area contributed by atoms with E-state index in [4.69, 9.17) is 23.2 Å². The number of hydrogen-bond donors (Lipinski definition) is 0. The fourth-order valence-electron chi connectivity index (χ4n) is 2.72. The van der Waals surface area contributed by atoms with Gasteiger partial charge in [0.05, 0.1) is 4.71 Å². The van der Waals surface area contributed by atoms with Gasteiger partial charge < -0.3 is 4.55 Å². The first-order chi connectivity index (χ1) is 13.0. The highest BCUT2D eigenvalue weighted by molar-refractivity contribution is 7.81. The van der Waals surface area contributed by atoms with E-state index in [-0.39, 0.29) is 0 Å². The lowest BCUT2D eigenvalue weighted by atomic mass is 9.88. The summed E-state index contributed by atoms with van der Waals surface area (Å²) in [5.74, 6) is 1.77. The highest BCUT2D eigenvalue weighted by Crippen LogP contribution is 2.24. The Morgan fingerprint density at radius 2 is 1.30 bits per heavy atom. The molecular formula is C22H29Cl2O2S-. The van der Waals surface area contributed by atoms with Gasteiger partial charge in [-0.25, -0.2) is 0 Å². The Kier molecular flexibility index (Phi) is 12.7. The Bertz CT molecular complexity index is 600. The van der Waals surface area contributed by atoms with Crippen LogP contribution in [0.15, 0.2) is 60.7 Å². The zero-order chi connectivity index (χ0) is 20.1. The number of benzene rings is 2. The molecule has 2 aromatic carbocycles. The average molecular weight is 428 g/mol. The highest BCUT2D eigenvalue weighted by Gasteiger charge is 2.14. The minimum Gasteiger partial charge on any atom is -0.771 e. The molecule has 0 bridgehead atoms. The van der Waals surface area contributed by atoms with E-state index in [0.29, 0.717) is 24.1 Å². The van der Waals surface area contributed by atoms with E-state index in [1.54, 1.807) is 0 Å². The number of hydrogen-bond acceptors (Lipinski definition) is 2. The van der Waals surface area contributed by atoms with Gasteiger partial charge in [-0.05, 0) is 59.7 Å². The molecule has 4 atom stereocenters. The topological polar surface area (TPSA) is 40.1 Å². The van der Waals surface area contributed by atoms with Gasteiger partial charge in [0.1, 0.15) is 0 Å². The summed E-state index contributed by atoms with van der Waals surface area (Å²) in [7, 11) is 0. The van der Waals surface area contributed by atoms with Gasteiger partial charge in [-0.1, -0.05) is 74.5 Å². The molecule has 0 saturated carbocycles. The molecular weight excluding hydrogens is 399 g/mol. The Labute approximate surface area is 176 Å². The van der Waals surface area contributed by atoms with Crippen molar-refractivity contribution in [2.24, 2.45) is 11.8 Å². The van der Waals surface area contributed by atoms with E-state index >= 15 is 0 Å². The zero-order valence-electron chi connectivity index (χ0n) is 16.0. The summed E-state index contributed by atoms with van der Waals surface area (Å²) in [6.45, 7) is 4.31. The number of rotatable bonds is 9. The van der Waals surface area contributed by atoms with Crippen LogP contribution in [0, 0.1) is 11.8 Å². The molecule has 2 nitrogen and oxygen atoms in total. The van der Waals surface area contributed by atoms with E-state index in [9.17, 15) is 8.76 Å². The summed E-state index contributed by atoms with van der Waals surface area (Å²) in [5.41, 5.74) is 2.55. The van der Waals surface area contributed by atoms with Gasteiger partial charge in [-0.2, -0.15) is 0 Å². The van der Waals surface area contributed by atoms with Gasteiger partial charge in [0.2, 0.25) is 0 Å². The quantitative estimate of drug-likeness (QED) is 0.323. The molecule has 4 unspecified atom stereocenters. The first-order valence-corrected chi connectivity index (χ1v) is 11.4. The lowest BCUT2D eigenvalue weighted by Gasteiger charge is -2.21. The normalized spacial score (nSPS) is 15.1. The third-order valence-electron chi connectivity index (χ3n) is 4.70. The maximum Gasteiger partial charge on any atom is 0.0955 e. The summed E-state index contributed by atoms with van der Waals surface area (Å²) < 4.78 is 20.3. The predicted octanol–water partition coefficient (Wildman–Crippen LogP) is 6.86. The van der Waals surface area contributed by atoms with Gasteiger partial charge in [-0.3, -0.25) is 4.21 Å². The molecule has 150 valence electrons. The predicted molar refractivity (Wildman–Crippen MR) is 118 cm³/mol. The maximum atomic E-state index is 10.5. The van der Waals surface area contributed by atoms with Gasteiger partial charge in [0, 0.05) is 5.88 Å². The van der Waals surface area contributed by atoms with Crippen LogP contribution in [0.4, 0.5) is 0 Å². The van der Waals surface area contributed by atoms with Gasteiger partial charge >= 0.3 is 0 Å². The molecule has 2 aromatic rings. The first kappa shape index (κ1) is 24.2. The van der Waals surface area contributed by atoms with Crippen LogP contribution in [0.2, 0.25) is 0 Å². The van der Waals surface area contributed by atoms with E-state index in [1.165, 1.54) is 11.1 Å². The average Bonchev–Trinajstić information content (AvgIpc) is 2.71. The summed E-state index contributed by atoms with van der Waals surface area (Å²) in [4.78, 5) is 0. The maximum absolute atomic E-state index is 10.5. The van der Waals surface area contributed by atoms with Crippen LogP contribution in [-0.2, 0) is 11.1 Å². The van der Waals surface area contributed by atoms with Crippen molar-refractivity contribution in [1.82, 2.24) is 0 Å². The third kappa shape index (κ3) is 10.3. The fraction of sp³-hybridized carbons (Fsp3) is 0.455. The molecule has 0 aliphatic carbocycles. The lowest BCUT2D eigenvalue weighted by molar-refractivity contribution is 0.337. The second kappa shape index (κ2) is 14.2. The highest BCUT2D eigenvalue weighted by atomic mass is 35.5. The van der Waals surface area contributed by atoms with Crippen LogP contribution in [0.25, 0.3) is 11.1 Å². The Hall–Kier alpha value is -0.870. The second-order valence-electron chi connectivity index (χ2n) is 6.77. The lowest BCUT2D eigenvalue weighted by Crippen LogP contribution is -2.13. The van der Waals surface area contributed by atoms with Crippen LogP contribution >= 0.6 is 23.2 Å². The third-order valence-corrected chi connectivity index (χ3v) is 6.28. The molecule has 0 saturated heterocycles. The summed E-state index contributed by atoms with van der Waals surface area (Å²) in [5, 5.41) is 0. The van der Waals surface area contributed by atoms with Crippen molar-refractivity contribution >= 4 is 34.3 Å². The standard InChI is InChI=1S/C12H10.C10H20Cl2O2S/c1-3-7-11(8-4-1)12-9-5-2-6-10-12;1-8(4-3-7-11)9(2)5-6-10(12)15(13)14/h1-10H;8-10H,3-7H2,1-2H3,(H,13,14)/p-1. The van der Waals surface area contributed by atoms with Crippen molar-refractivity contribution in [3.05, 3.63) is 60.7 Å². The van der Waals surface area contributed by atoms with Crippen LogP contribution in [0.1, 0.15) is 39.5 Å². The molecule has 5 heteroatoms. The Morgan fingerprint density at radius 3 is 1.70 bits per heavy atom. The van der Waals surface area contributed by atoms with Crippen LogP contribution in [0.3, 0.4) is 0 Å². The monoisotopic (exact) mass is 427 g/mol. The molecule has 0 amide bonds. The van der Waals surface area contributed by atoms with Gasteiger partial charge in [-0.15, -0.1) is 23.2 Å². The second-order valence-corrected chi connectivity index (χ2v) is 9.02. The van der Waals surface area contributed by atoms with Crippen molar-refractivity contribution < 1.29 is 8.76 Å². The first-order valence-electron chi connectivity index (χ1n) is 9.34. The molecule has 27 heavy (non-hydrogen) atoms. The molecule has 0 spiro atoms. The number of halogens is 2. The summed E-state index contributed by atoms with van der Waals surface area (Å²) in [6.07, 6.45) is 3.50. The van der Waals surface area contributed by atoms with E-state index < -0.39 is 15.8 Å². The zero-order valence-corrected chi connectivity index (χ0v) is 18.4. The SMILES string of the molecule is CC(CCCCl)C(C)CCC(Cl)S(=O)[O-].c1ccc(-c2ccccc2)cc1. The smallest absolute Gasteiger partial charge is 0.0955 e. The Morgan fingerprint density at radius 1 is 0.852 bits per heavy atom. The molecule has 0 aliphatic rings. The van der Waals surface area contributed by atoms with Crippen LogP contribution in [-0.4, -0.2) is 19.4 Å². The van der Waals surface area contributed by atoms with Crippen LogP contribution in [0.5, 0.6) is 0 Å². The van der Waals surface area contributed by atoms with E-state index in [2.05, 4.69) is 62.4 Å². The molecule has 0 N–H and O–H groups in total. The van der Waals surface area contributed by atoms with E-state index in [1.807, 2.05) is 12.1 Å². The molecule has 0 aliphatic heterocycles. The van der Waals surface area contributed by atoms with Gasteiger partial charge in [0.25, 0.3) is 0 Å². The minimum absolute atomic E-state index is 0.498. The van der Waals surface area contributed by atoms with Gasteiger partial charge in [0.15, 0.2) is 0 Å². The van der Waals surface area contributed by atoms with Crippen molar-refractivity contribution in [1.29, 1.82) is 0 Å². The molecule has 0 radical (unpaired) electrons. The van der Waals surface area contributed by atoms with E-state index in [0.717, 1.165) is 19.3 Å². The van der Waals surface area contributed by atoms with Crippen molar-refractivity contribution in [2.75, 3.05) is 5.88 Å². The molecule has 0 heterocycles. The van der Waals surface area contributed by atoms with Crippen molar-refractivity contribution in [3.8, 4) is 11.1 Å². The largest absolute Gasteiger partial charge is 0.771 e. The summed E-state index contributed by atoms with van der Waals surface area (Å²) in [6, 6.07) is 20.8. The molecule has 2 rings (SSSR count). The van der Waals surface area contributed by atoms with Crippen molar-refractivity contribution in [3.63, 3.8) is 0 Å². The molecule has 0 aromatic heterocycles. The Balaban J connectivity index is 0.000000274. The fourth-order valence-corrected chi connectivity index (χ4v) is 3.33.